The second-order valence-electron chi connectivity index (χ2n) is 7.49. The summed E-state index contributed by atoms with van der Waals surface area (Å²) < 4.78 is 0. The maximum atomic E-state index is 12.2. The maximum Gasteiger partial charge on any atom is 0.222 e. The third-order valence-electron chi connectivity index (χ3n) is 5.00. The van der Waals surface area contributed by atoms with Gasteiger partial charge in [0.15, 0.2) is 0 Å². The Labute approximate surface area is 150 Å². The summed E-state index contributed by atoms with van der Waals surface area (Å²) in [6.45, 7) is 11.6. The van der Waals surface area contributed by atoms with E-state index in [1.807, 2.05) is 4.90 Å². The summed E-state index contributed by atoms with van der Waals surface area (Å²) in [6, 6.07) is 2.09. The number of hydrogen-bond acceptors (Lipinski definition) is 6. The van der Waals surface area contributed by atoms with Crippen LogP contribution in [0.4, 0.5) is 11.6 Å². The monoisotopic (exact) mass is 346 g/mol. The number of amides is 1. The van der Waals surface area contributed by atoms with E-state index in [1.54, 1.807) is 6.33 Å². The molecule has 2 aliphatic heterocycles. The van der Waals surface area contributed by atoms with Crippen molar-refractivity contribution in [3.8, 4) is 0 Å². The lowest BCUT2D eigenvalue weighted by Crippen LogP contribution is -2.49. The molecule has 7 nitrogen and oxygen atoms in total. The smallest absolute Gasteiger partial charge is 0.222 e. The Hall–Kier alpha value is -1.89. The number of hydrogen-bond donors (Lipinski definition) is 0. The lowest BCUT2D eigenvalue weighted by Gasteiger charge is -2.36. The van der Waals surface area contributed by atoms with E-state index in [4.69, 9.17) is 0 Å². The van der Waals surface area contributed by atoms with Gasteiger partial charge >= 0.3 is 0 Å². The van der Waals surface area contributed by atoms with Crippen molar-refractivity contribution in [2.45, 2.75) is 20.3 Å². The van der Waals surface area contributed by atoms with Gasteiger partial charge in [-0.2, -0.15) is 0 Å². The molecule has 1 aromatic heterocycles. The molecule has 1 amide bonds. The molecule has 1 aromatic rings. The van der Waals surface area contributed by atoms with Gasteiger partial charge in [0, 0.05) is 64.8 Å². The average Bonchev–Trinajstić information content (AvgIpc) is 2.62. The molecular formula is C18H30N6O. The summed E-state index contributed by atoms with van der Waals surface area (Å²) in [5, 5.41) is 0. The van der Waals surface area contributed by atoms with Crippen LogP contribution < -0.4 is 9.80 Å². The predicted molar refractivity (Wildman–Crippen MR) is 100.0 cm³/mol. The molecule has 3 rings (SSSR count). The van der Waals surface area contributed by atoms with E-state index in [0.29, 0.717) is 12.3 Å². The first kappa shape index (κ1) is 17.9. The molecule has 7 heteroatoms. The van der Waals surface area contributed by atoms with E-state index in [-0.39, 0.29) is 5.91 Å². The van der Waals surface area contributed by atoms with Crippen LogP contribution in [0.15, 0.2) is 12.4 Å². The SMILES string of the molecule is CC(C)CC(=O)N1CCN(c2cc(N3CCN(C)CC3)ncn2)CC1. The highest BCUT2D eigenvalue weighted by molar-refractivity contribution is 5.76. The highest BCUT2D eigenvalue weighted by Gasteiger charge is 2.23. The molecule has 0 aromatic carbocycles. The lowest BCUT2D eigenvalue weighted by molar-refractivity contribution is -0.132. The van der Waals surface area contributed by atoms with Crippen LogP contribution in [0.25, 0.3) is 0 Å². The molecule has 3 heterocycles. The first-order chi connectivity index (χ1) is 12.0. The first-order valence-corrected chi connectivity index (χ1v) is 9.31. The third kappa shape index (κ3) is 4.60. The van der Waals surface area contributed by atoms with Crippen LogP contribution >= 0.6 is 0 Å². The average molecular weight is 346 g/mol. The van der Waals surface area contributed by atoms with E-state index < -0.39 is 0 Å². The van der Waals surface area contributed by atoms with Crippen molar-refractivity contribution < 1.29 is 4.79 Å². The third-order valence-corrected chi connectivity index (χ3v) is 5.00. The summed E-state index contributed by atoms with van der Waals surface area (Å²) in [7, 11) is 2.16. The highest BCUT2D eigenvalue weighted by atomic mass is 16.2. The van der Waals surface area contributed by atoms with Gasteiger partial charge in [0.2, 0.25) is 5.91 Å². The number of rotatable bonds is 4. The van der Waals surface area contributed by atoms with Crippen LogP contribution in [0.2, 0.25) is 0 Å². The number of likely N-dealkylation sites (N-methyl/N-ethyl adjacent to an activating group) is 1. The molecular weight excluding hydrogens is 316 g/mol. The number of carbonyl (C=O) groups excluding carboxylic acids is 1. The Morgan fingerprint density at radius 2 is 1.48 bits per heavy atom. The lowest BCUT2D eigenvalue weighted by atomic mass is 10.1. The predicted octanol–water partition coefficient (Wildman–Crippen LogP) is 0.923. The molecule has 0 radical (unpaired) electrons. The van der Waals surface area contributed by atoms with Gasteiger partial charge in [0.25, 0.3) is 0 Å². The Morgan fingerprint density at radius 3 is 2.00 bits per heavy atom. The Kier molecular flexibility index (Phi) is 5.73. The number of piperazine rings is 2. The molecule has 0 aliphatic carbocycles. The number of aromatic nitrogens is 2. The quantitative estimate of drug-likeness (QED) is 0.808. The van der Waals surface area contributed by atoms with Crippen LogP contribution in [-0.4, -0.2) is 85.1 Å². The maximum absolute atomic E-state index is 12.2. The molecule has 0 N–H and O–H groups in total. The van der Waals surface area contributed by atoms with Gasteiger partial charge in [-0.05, 0) is 13.0 Å². The summed E-state index contributed by atoms with van der Waals surface area (Å²) >= 11 is 0. The second kappa shape index (κ2) is 7.99. The van der Waals surface area contributed by atoms with Crippen LogP contribution in [-0.2, 0) is 4.79 Å². The minimum Gasteiger partial charge on any atom is -0.354 e. The Bertz CT molecular complexity index is 577. The van der Waals surface area contributed by atoms with Gasteiger partial charge in [-0.25, -0.2) is 9.97 Å². The van der Waals surface area contributed by atoms with E-state index in [9.17, 15) is 4.79 Å². The summed E-state index contributed by atoms with van der Waals surface area (Å²) in [4.78, 5) is 30.1. The van der Waals surface area contributed by atoms with Gasteiger partial charge < -0.3 is 19.6 Å². The molecule has 0 atom stereocenters. The van der Waals surface area contributed by atoms with Gasteiger partial charge in [-0.15, -0.1) is 0 Å². The summed E-state index contributed by atoms with van der Waals surface area (Å²) in [6.07, 6.45) is 2.31. The van der Waals surface area contributed by atoms with Crippen molar-refractivity contribution in [3.63, 3.8) is 0 Å². The minimum atomic E-state index is 0.274. The molecule has 138 valence electrons. The molecule has 2 fully saturated rings. The fraction of sp³-hybridized carbons (Fsp3) is 0.722. The Morgan fingerprint density at radius 1 is 0.960 bits per heavy atom. The van der Waals surface area contributed by atoms with Gasteiger partial charge in [0.1, 0.15) is 18.0 Å². The molecule has 0 saturated carbocycles. The largest absolute Gasteiger partial charge is 0.354 e. The fourth-order valence-electron chi connectivity index (χ4n) is 3.38. The zero-order chi connectivity index (χ0) is 17.8. The molecule has 2 saturated heterocycles. The minimum absolute atomic E-state index is 0.274. The first-order valence-electron chi connectivity index (χ1n) is 9.31. The fourth-order valence-corrected chi connectivity index (χ4v) is 3.38. The van der Waals surface area contributed by atoms with Crippen molar-refractivity contribution in [2.75, 3.05) is 69.2 Å². The number of nitrogens with zero attached hydrogens (tertiary/aromatic N) is 6. The number of anilines is 2. The normalized spacial score (nSPS) is 19.6. The van der Waals surface area contributed by atoms with Crippen molar-refractivity contribution in [1.29, 1.82) is 0 Å². The standard InChI is InChI=1S/C18H30N6O/c1-15(2)12-18(25)24-10-8-23(9-11-24)17-13-16(19-14-20-17)22-6-4-21(3)5-7-22/h13-15H,4-12H2,1-3H3. The number of carbonyl (C=O) groups is 1. The van der Waals surface area contributed by atoms with E-state index >= 15 is 0 Å². The van der Waals surface area contributed by atoms with E-state index in [0.717, 1.165) is 64.0 Å². The van der Waals surface area contributed by atoms with Crippen LogP contribution in [0.3, 0.4) is 0 Å². The summed E-state index contributed by atoms with van der Waals surface area (Å²) in [5.41, 5.74) is 0. The zero-order valence-electron chi connectivity index (χ0n) is 15.7. The molecule has 0 spiro atoms. The van der Waals surface area contributed by atoms with Crippen molar-refractivity contribution in [2.24, 2.45) is 5.92 Å². The highest BCUT2D eigenvalue weighted by Crippen LogP contribution is 2.20. The van der Waals surface area contributed by atoms with Gasteiger partial charge in [-0.1, -0.05) is 13.8 Å². The second-order valence-corrected chi connectivity index (χ2v) is 7.49. The molecule has 2 aliphatic rings. The molecule has 0 unspecified atom stereocenters. The van der Waals surface area contributed by atoms with Gasteiger partial charge in [-0.3, -0.25) is 4.79 Å². The van der Waals surface area contributed by atoms with Crippen LogP contribution in [0.5, 0.6) is 0 Å². The van der Waals surface area contributed by atoms with E-state index in [1.165, 1.54) is 0 Å². The molecule has 0 bridgehead atoms. The zero-order valence-corrected chi connectivity index (χ0v) is 15.7. The van der Waals surface area contributed by atoms with Crippen LogP contribution in [0, 0.1) is 5.92 Å². The molecule has 25 heavy (non-hydrogen) atoms. The van der Waals surface area contributed by atoms with Crippen molar-refractivity contribution in [1.82, 2.24) is 19.8 Å². The van der Waals surface area contributed by atoms with Crippen molar-refractivity contribution >= 4 is 17.5 Å². The Balaban J connectivity index is 1.58. The van der Waals surface area contributed by atoms with E-state index in [2.05, 4.69) is 51.6 Å². The van der Waals surface area contributed by atoms with Crippen molar-refractivity contribution in [3.05, 3.63) is 12.4 Å². The van der Waals surface area contributed by atoms with Gasteiger partial charge in [0.05, 0.1) is 0 Å². The van der Waals surface area contributed by atoms with Crippen LogP contribution in [0.1, 0.15) is 20.3 Å². The topological polar surface area (TPSA) is 55.8 Å². The summed E-state index contributed by atoms with van der Waals surface area (Å²) in [5.74, 6) is 2.67.